The molecule has 0 unspecified atom stereocenters. The van der Waals surface area contributed by atoms with Crippen LogP contribution < -0.4 is 4.98 Å². The Balaban J connectivity index is 3.07. The van der Waals surface area contributed by atoms with Crippen molar-refractivity contribution in [2.75, 3.05) is 0 Å². The molecule has 0 aliphatic heterocycles. The molecule has 0 saturated carbocycles. The van der Waals surface area contributed by atoms with Gasteiger partial charge in [0.25, 0.3) is 0 Å². The van der Waals surface area contributed by atoms with Crippen LogP contribution in [0.25, 0.3) is 0 Å². The van der Waals surface area contributed by atoms with Gasteiger partial charge < -0.3 is 13.3 Å². The number of hydrogen-bond donors (Lipinski definition) is 1. The van der Waals surface area contributed by atoms with Gasteiger partial charge in [0.1, 0.15) is 0 Å². The van der Waals surface area contributed by atoms with Gasteiger partial charge in [-0.25, -0.2) is 0 Å². The lowest BCUT2D eigenvalue weighted by molar-refractivity contribution is -0.344. The monoisotopic (exact) mass is 711 g/mol. The minimum Gasteiger partial charge on any atom is -0.340 e. The van der Waals surface area contributed by atoms with E-state index in [1.165, 1.54) is 12.1 Å². The molecule has 0 bridgehead atoms. The molecule has 45 heavy (non-hydrogen) atoms. The SMILES string of the molecule is FC(F)(F)C(O[Si](NC(c1ccccc1)c1ccccc1)(OC(C(F)(F)F)C(F)(F)F)OC(C(F)(F)F)C(F)(F)F)C(F)(F)F. The number of benzene rings is 2. The van der Waals surface area contributed by atoms with Gasteiger partial charge in [0.2, 0.25) is 18.3 Å². The van der Waals surface area contributed by atoms with Crippen molar-refractivity contribution in [3.63, 3.8) is 0 Å². The molecule has 0 heterocycles. The van der Waals surface area contributed by atoms with Crippen LogP contribution in [-0.4, -0.2) is 64.3 Å². The van der Waals surface area contributed by atoms with E-state index in [1.807, 2.05) is 0 Å². The summed E-state index contributed by atoms with van der Waals surface area (Å²) in [6.07, 6.45) is -58.5. The first-order chi connectivity index (χ1) is 20.1. The molecule has 0 saturated heterocycles. The van der Waals surface area contributed by atoms with Gasteiger partial charge in [-0.1, -0.05) is 60.7 Å². The van der Waals surface area contributed by atoms with E-state index in [1.54, 1.807) is 0 Å². The highest BCUT2D eigenvalue weighted by Crippen LogP contribution is 2.45. The summed E-state index contributed by atoms with van der Waals surface area (Å²) in [5, 5.41) is 0. The second-order valence-electron chi connectivity index (χ2n) is 8.70. The molecule has 4 nitrogen and oxygen atoms in total. The Kier molecular flexibility index (Phi) is 11.2. The highest BCUT2D eigenvalue weighted by atomic mass is 28.4. The van der Waals surface area contributed by atoms with E-state index in [9.17, 15) is 79.0 Å². The van der Waals surface area contributed by atoms with Gasteiger partial charge in [0.05, 0.1) is 6.04 Å². The molecule has 256 valence electrons. The smallest absolute Gasteiger partial charge is 0.340 e. The molecular weight excluding hydrogens is 696 g/mol. The summed E-state index contributed by atoms with van der Waals surface area (Å²) >= 11 is 0. The van der Waals surface area contributed by atoms with Crippen molar-refractivity contribution in [1.29, 1.82) is 0 Å². The molecule has 0 atom stereocenters. The Labute approximate surface area is 240 Å². The summed E-state index contributed by atoms with van der Waals surface area (Å²) in [4.78, 5) is 1.10. The van der Waals surface area contributed by atoms with Crippen molar-refractivity contribution in [2.24, 2.45) is 0 Å². The van der Waals surface area contributed by atoms with Gasteiger partial charge in [0, 0.05) is 0 Å². The molecule has 0 amide bonds. The Hall–Kier alpha value is -2.76. The summed E-state index contributed by atoms with van der Waals surface area (Å²) in [7, 11) is -8.14. The zero-order valence-electron chi connectivity index (χ0n) is 21.1. The van der Waals surface area contributed by atoms with Gasteiger partial charge in [-0.05, 0) is 11.1 Å². The normalized spacial score (nSPS) is 14.7. The van der Waals surface area contributed by atoms with Crippen molar-refractivity contribution < 1.29 is 92.3 Å². The molecule has 0 spiro atoms. The first-order valence-electron chi connectivity index (χ1n) is 11.4. The van der Waals surface area contributed by atoms with Crippen LogP contribution in [0.1, 0.15) is 17.2 Å². The minimum absolute atomic E-state index is 0.543. The van der Waals surface area contributed by atoms with E-state index < -0.39 is 81.5 Å². The first kappa shape index (κ1) is 38.4. The van der Waals surface area contributed by atoms with E-state index in [0.717, 1.165) is 53.5 Å². The quantitative estimate of drug-likeness (QED) is 0.199. The molecule has 2 rings (SSSR count). The Morgan fingerprint density at radius 2 is 0.622 bits per heavy atom. The summed E-state index contributed by atoms with van der Waals surface area (Å²) in [6.45, 7) is 0. The average molecular weight is 711 g/mol. The Morgan fingerprint density at radius 3 is 0.822 bits per heavy atom. The third-order valence-corrected chi connectivity index (χ3v) is 7.47. The zero-order valence-corrected chi connectivity index (χ0v) is 22.1. The summed E-state index contributed by atoms with van der Waals surface area (Å²) in [5.74, 6) is 0. The second-order valence-corrected chi connectivity index (χ2v) is 10.8. The van der Waals surface area contributed by atoms with Gasteiger partial charge in [-0.3, -0.25) is 4.98 Å². The van der Waals surface area contributed by atoms with Gasteiger partial charge in [-0.2, -0.15) is 79.0 Å². The highest BCUT2D eigenvalue weighted by molar-refractivity contribution is 6.58. The molecular formula is C22H15F18NO3Si. The topological polar surface area (TPSA) is 39.7 Å². The highest BCUT2D eigenvalue weighted by Gasteiger charge is 2.71. The van der Waals surface area contributed by atoms with E-state index in [2.05, 4.69) is 13.3 Å². The molecule has 2 aromatic carbocycles. The lowest BCUT2D eigenvalue weighted by Crippen LogP contribution is -2.71. The largest absolute Gasteiger partial charge is 0.600 e. The van der Waals surface area contributed by atoms with Crippen LogP contribution in [0.3, 0.4) is 0 Å². The number of nitrogens with one attached hydrogen (secondary N) is 1. The average Bonchev–Trinajstić information content (AvgIpc) is 2.84. The van der Waals surface area contributed by atoms with Crippen molar-refractivity contribution in [3.8, 4) is 0 Å². The van der Waals surface area contributed by atoms with Gasteiger partial charge >= 0.3 is 46.0 Å². The third-order valence-electron chi connectivity index (χ3n) is 5.19. The number of halogens is 18. The molecule has 0 fully saturated rings. The first-order valence-corrected chi connectivity index (χ1v) is 13.1. The lowest BCUT2D eigenvalue weighted by atomic mass is 10.00. The van der Waals surface area contributed by atoms with Crippen molar-refractivity contribution in [2.45, 2.75) is 61.4 Å². The molecule has 23 heteroatoms. The molecule has 0 aromatic heterocycles. The zero-order chi connectivity index (χ0) is 34.9. The predicted octanol–water partition coefficient (Wildman–Crippen LogP) is 8.33. The molecule has 1 N–H and O–H groups in total. The lowest BCUT2D eigenvalue weighted by Gasteiger charge is -2.41. The fraction of sp³-hybridized carbons (Fsp3) is 0.455. The Morgan fingerprint density at radius 1 is 0.400 bits per heavy atom. The summed E-state index contributed by atoms with van der Waals surface area (Å²) in [6, 6.07) is 7.44. The van der Waals surface area contributed by atoms with Crippen LogP contribution in [0, 0.1) is 0 Å². The van der Waals surface area contributed by atoms with E-state index in [-0.39, 0.29) is 0 Å². The van der Waals surface area contributed by atoms with Gasteiger partial charge in [0.15, 0.2) is 0 Å². The fourth-order valence-corrected chi connectivity index (χ4v) is 6.23. The Bertz CT molecular complexity index is 1040. The number of rotatable bonds is 10. The minimum atomic E-state index is -8.14. The summed E-state index contributed by atoms with van der Waals surface area (Å²) in [5.41, 5.74) is -1.09. The third kappa shape index (κ3) is 10.6. The number of alkyl halides is 18. The van der Waals surface area contributed by atoms with Crippen molar-refractivity contribution in [1.82, 2.24) is 4.98 Å². The van der Waals surface area contributed by atoms with Crippen LogP contribution in [0.15, 0.2) is 60.7 Å². The molecule has 0 aliphatic carbocycles. The van der Waals surface area contributed by atoms with E-state index >= 15 is 0 Å². The maximum Gasteiger partial charge on any atom is 0.600 e. The second kappa shape index (κ2) is 13.2. The van der Waals surface area contributed by atoms with Crippen LogP contribution in [-0.2, 0) is 13.3 Å². The summed E-state index contributed by atoms with van der Waals surface area (Å²) < 4.78 is 253. The molecule has 0 radical (unpaired) electrons. The van der Waals surface area contributed by atoms with Crippen LogP contribution >= 0.6 is 0 Å². The maximum absolute atomic E-state index is 13.5. The van der Waals surface area contributed by atoms with Crippen LogP contribution in [0.2, 0.25) is 0 Å². The molecule has 2 aromatic rings. The fourth-order valence-electron chi connectivity index (χ4n) is 3.44. The van der Waals surface area contributed by atoms with E-state index in [0.29, 0.717) is 0 Å². The van der Waals surface area contributed by atoms with Crippen LogP contribution in [0.5, 0.6) is 0 Å². The van der Waals surface area contributed by atoms with Crippen molar-refractivity contribution >= 4 is 8.97 Å². The van der Waals surface area contributed by atoms with Crippen LogP contribution in [0.4, 0.5) is 79.0 Å². The van der Waals surface area contributed by atoms with Gasteiger partial charge in [-0.15, -0.1) is 0 Å². The molecule has 0 aliphatic rings. The standard InChI is InChI=1S/C22H15F18NO3Si/c23-17(24,25)14(18(26,27)28)42-45(43-15(19(29,30)31)20(32,33)34,44-16(21(35,36)37)22(38,39)40)41-13(11-7-3-1-4-8-11)12-9-5-2-6-10-12/h1-10,13-16,41H. The van der Waals surface area contributed by atoms with Crippen molar-refractivity contribution in [3.05, 3.63) is 71.8 Å². The van der Waals surface area contributed by atoms with E-state index in [4.69, 9.17) is 0 Å². The number of hydrogen-bond acceptors (Lipinski definition) is 4. The predicted molar refractivity (Wildman–Crippen MR) is 115 cm³/mol. The maximum atomic E-state index is 13.5.